The molecule has 0 spiro atoms. The lowest BCUT2D eigenvalue weighted by Gasteiger charge is -2.39. The van der Waals surface area contributed by atoms with Crippen molar-refractivity contribution in [2.24, 2.45) is 7.05 Å². The molecule has 0 amide bonds. The third-order valence-electron chi connectivity index (χ3n) is 6.93. The third kappa shape index (κ3) is 2.83. The number of fused-ring (bicyclic) bond motifs is 4. The first-order valence-corrected chi connectivity index (χ1v) is 11.3. The fraction of sp³-hybridized carbons (Fsp3) is 0.348. The number of hydrogen-bond acceptors (Lipinski definition) is 5. The molecule has 0 unspecified atom stereocenters. The Hall–Kier alpha value is -3.10. The highest BCUT2D eigenvalue weighted by atomic mass is 35.5. The van der Waals surface area contributed by atoms with Crippen LogP contribution in [0.2, 0.25) is 5.02 Å². The fourth-order valence-corrected chi connectivity index (χ4v) is 5.11. The molecule has 1 aliphatic rings. The second-order valence-electron chi connectivity index (χ2n) is 8.92. The largest absolute Gasteiger partial charge is 0.345 e. The molecule has 6 rings (SSSR count). The first-order valence-electron chi connectivity index (χ1n) is 10.9. The summed E-state index contributed by atoms with van der Waals surface area (Å²) in [5, 5.41) is 10.5. The number of benzene rings is 1. The molecule has 0 aliphatic carbocycles. The van der Waals surface area contributed by atoms with Crippen LogP contribution in [0, 0.1) is 0 Å². The molecule has 1 aromatic carbocycles. The summed E-state index contributed by atoms with van der Waals surface area (Å²) < 4.78 is 3.88. The molecule has 164 valence electrons. The quantitative estimate of drug-likeness (QED) is 0.436. The van der Waals surface area contributed by atoms with Crippen LogP contribution in [-0.4, -0.2) is 54.8 Å². The molecule has 4 aromatic heterocycles. The Bertz CT molecular complexity index is 1470. The molecule has 1 aliphatic heterocycles. The zero-order chi connectivity index (χ0) is 22.0. The molecule has 0 bridgehead atoms. The summed E-state index contributed by atoms with van der Waals surface area (Å²) in [5.74, 6) is 0.922. The van der Waals surface area contributed by atoms with Crippen LogP contribution in [0.15, 0.2) is 36.9 Å². The molecular formula is C23H25ClN8. The Morgan fingerprint density at radius 3 is 2.78 bits per heavy atom. The zero-order valence-corrected chi connectivity index (χ0v) is 19.1. The van der Waals surface area contributed by atoms with Crippen LogP contribution in [0.3, 0.4) is 0 Å². The van der Waals surface area contributed by atoms with Crippen LogP contribution in [0.1, 0.15) is 19.8 Å². The average Bonchev–Trinajstić information content (AvgIpc) is 3.51. The molecule has 5 heterocycles. The van der Waals surface area contributed by atoms with E-state index in [0.717, 1.165) is 70.6 Å². The van der Waals surface area contributed by atoms with Crippen molar-refractivity contribution >= 4 is 45.1 Å². The summed E-state index contributed by atoms with van der Waals surface area (Å²) in [6.07, 6.45) is 9.89. The molecule has 0 atom stereocenters. The van der Waals surface area contributed by atoms with Gasteiger partial charge >= 0.3 is 0 Å². The molecule has 1 fully saturated rings. The number of piperidine rings is 1. The van der Waals surface area contributed by atoms with Crippen LogP contribution in [0.5, 0.6) is 0 Å². The highest BCUT2D eigenvalue weighted by Gasteiger charge is 2.30. The maximum atomic E-state index is 6.84. The van der Waals surface area contributed by atoms with E-state index < -0.39 is 0 Å². The van der Waals surface area contributed by atoms with Crippen LogP contribution in [0.4, 0.5) is 5.95 Å². The van der Waals surface area contributed by atoms with Gasteiger partial charge in [-0.15, -0.1) is 0 Å². The molecule has 8 nitrogen and oxygen atoms in total. The highest BCUT2D eigenvalue weighted by molar-refractivity contribution is 6.38. The molecule has 0 radical (unpaired) electrons. The van der Waals surface area contributed by atoms with Crippen LogP contribution < -0.4 is 10.2 Å². The SMILES string of the molecule is CNC1(C)CCN(c2nc3[nH]cc(-c4ccc5nn(C)cc5c4Cl)c3c3nccn23)CC1. The van der Waals surface area contributed by atoms with Crippen LogP contribution in [-0.2, 0) is 7.05 Å². The van der Waals surface area contributed by atoms with Gasteiger partial charge in [0.15, 0.2) is 5.65 Å². The lowest BCUT2D eigenvalue weighted by molar-refractivity contribution is 0.303. The van der Waals surface area contributed by atoms with Crippen molar-refractivity contribution < 1.29 is 0 Å². The Morgan fingerprint density at radius 1 is 1.19 bits per heavy atom. The number of nitrogens with zero attached hydrogens (tertiary/aromatic N) is 6. The normalized spacial score (nSPS) is 16.6. The lowest BCUT2D eigenvalue weighted by Crippen LogP contribution is -2.50. The zero-order valence-electron chi connectivity index (χ0n) is 18.4. The average molecular weight is 449 g/mol. The standard InChI is InChI=1S/C23H25ClN8/c1-23(25-2)6-9-31(10-7-23)22-28-20-18(21-26-8-11-32(21)22)15(12-27-20)14-4-5-17-16(19(14)24)13-30(3)29-17/h4-5,8,11-13,25,27H,6-7,9-10H2,1-3H3. The van der Waals surface area contributed by atoms with Gasteiger partial charge in [0.2, 0.25) is 5.95 Å². The number of aromatic nitrogens is 6. The van der Waals surface area contributed by atoms with Crippen LogP contribution >= 0.6 is 11.6 Å². The van der Waals surface area contributed by atoms with E-state index in [1.807, 2.05) is 51.0 Å². The molecule has 0 saturated carbocycles. The number of halogens is 1. The van der Waals surface area contributed by atoms with Gasteiger partial charge in [0.1, 0.15) is 5.65 Å². The minimum absolute atomic E-state index is 0.177. The van der Waals surface area contributed by atoms with Gasteiger partial charge in [-0.3, -0.25) is 9.08 Å². The van der Waals surface area contributed by atoms with E-state index in [4.69, 9.17) is 21.6 Å². The van der Waals surface area contributed by atoms with E-state index in [1.165, 1.54) is 0 Å². The summed E-state index contributed by atoms with van der Waals surface area (Å²) in [6.45, 7) is 4.17. The molecule has 1 saturated heterocycles. The van der Waals surface area contributed by atoms with Crippen molar-refractivity contribution in [3.8, 4) is 11.1 Å². The third-order valence-corrected chi connectivity index (χ3v) is 7.34. The first-order chi connectivity index (χ1) is 15.5. The molecule has 2 N–H and O–H groups in total. The summed E-state index contributed by atoms with van der Waals surface area (Å²) in [7, 11) is 3.95. The fourth-order valence-electron chi connectivity index (χ4n) is 4.80. The van der Waals surface area contributed by atoms with Gasteiger partial charge in [0, 0.05) is 67.0 Å². The Kier molecular flexibility index (Phi) is 4.25. The Labute approximate surface area is 190 Å². The van der Waals surface area contributed by atoms with Gasteiger partial charge in [-0.05, 0) is 32.9 Å². The van der Waals surface area contributed by atoms with Gasteiger partial charge < -0.3 is 15.2 Å². The number of rotatable bonds is 3. The summed E-state index contributed by atoms with van der Waals surface area (Å²) in [6, 6.07) is 4.03. The molecule has 32 heavy (non-hydrogen) atoms. The van der Waals surface area contributed by atoms with Gasteiger partial charge in [0.25, 0.3) is 0 Å². The second kappa shape index (κ2) is 6.95. The predicted molar refractivity (Wildman–Crippen MR) is 128 cm³/mol. The van der Waals surface area contributed by atoms with Gasteiger partial charge in [-0.25, -0.2) is 4.98 Å². The van der Waals surface area contributed by atoms with Crippen molar-refractivity contribution in [1.82, 2.24) is 34.4 Å². The van der Waals surface area contributed by atoms with Crippen molar-refractivity contribution in [2.45, 2.75) is 25.3 Å². The highest BCUT2D eigenvalue weighted by Crippen LogP contribution is 2.39. The Morgan fingerprint density at radius 2 is 2.00 bits per heavy atom. The van der Waals surface area contributed by atoms with E-state index in [0.29, 0.717) is 5.02 Å². The van der Waals surface area contributed by atoms with Crippen molar-refractivity contribution in [2.75, 3.05) is 25.0 Å². The smallest absolute Gasteiger partial charge is 0.213 e. The van der Waals surface area contributed by atoms with E-state index >= 15 is 0 Å². The molecular weight excluding hydrogens is 424 g/mol. The summed E-state index contributed by atoms with van der Waals surface area (Å²) in [5.41, 5.74) is 4.69. The van der Waals surface area contributed by atoms with E-state index in [9.17, 15) is 0 Å². The number of imidazole rings is 1. The number of anilines is 1. The minimum Gasteiger partial charge on any atom is -0.345 e. The summed E-state index contributed by atoms with van der Waals surface area (Å²) >= 11 is 6.84. The topological polar surface area (TPSA) is 79.1 Å². The first kappa shape index (κ1) is 19.6. The van der Waals surface area contributed by atoms with E-state index in [-0.39, 0.29) is 5.54 Å². The van der Waals surface area contributed by atoms with Crippen LogP contribution in [0.25, 0.3) is 38.7 Å². The van der Waals surface area contributed by atoms with Gasteiger partial charge in [-0.2, -0.15) is 10.1 Å². The van der Waals surface area contributed by atoms with Gasteiger partial charge in [-0.1, -0.05) is 17.7 Å². The number of hydrogen-bond donors (Lipinski definition) is 2. The van der Waals surface area contributed by atoms with E-state index in [2.05, 4.69) is 31.6 Å². The molecule has 9 heteroatoms. The van der Waals surface area contributed by atoms with Gasteiger partial charge in [0.05, 0.1) is 15.9 Å². The minimum atomic E-state index is 0.177. The second-order valence-corrected chi connectivity index (χ2v) is 9.30. The van der Waals surface area contributed by atoms with Crippen molar-refractivity contribution in [3.05, 3.63) is 41.9 Å². The lowest BCUT2D eigenvalue weighted by atomic mass is 9.90. The maximum absolute atomic E-state index is 6.84. The maximum Gasteiger partial charge on any atom is 0.213 e. The number of aromatic amines is 1. The predicted octanol–water partition coefficient (Wildman–Crippen LogP) is 4.00. The van der Waals surface area contributed by atoms with Crippen molar-refractivity contribution in [3.63, 3.8) is 0 Å². The monoisotopic (exact) mass is 448 g/mol. The number of nitrogens with one attached hydrogen (secondary N) is 2. The summed E-state index contributed by atoms with van der Waals surface area (Å²) in [4.78, 5) is 15.5. The van der Waals surface area contributed by atoms with E-state index in [1.54, 1.807) is 4.68 Å². The Balaban J connectivity index is 1.50. The number of H-pyrrole nitrogens is 1. The number of aryl methyl sites for hydroxylation is 1. The molecule has 5 aromatic rings. The van der Waals surface area contributed by atoms with Crippen molar-refractivity contribution in [1.29, 1.82) is 0 Å².